The predicted octanol–water partition coefficient (Wildman–Crippen LogP) is 2.41. The van der Waals surface area contributed by atoms with Gasteiger partial charge in [0.1, 0.15) is 12.4 Å². The van der Waals surface area contributed by atoms with Gasteiger partial charge in [-0.15, -0.1) is 0 Å². The van der Waals surface area contributed by atoms with Gasteiger partial charge in [0.15, 0.2) is 5.78 Å². The third-order valence-corrected chi connectivity index (χ3v) is 4.09. The Morgan fingerprint density at radius 2 is 2.20 bits per heavy atom. The average molecular weight is 287 g/mol. The molecule has 1 aliphatic rings. The zero-order valence-corrected chi connectivity index (χ0v) is 11.8. The van der Waals surface area contributed by atoms with E-state index >= 15 is 0 Å². The number of hydrogen-bond donors (Lipinski definition) is 1. The highest BCUT2D eigenvalue weighted by atomic mass is 32.1. The van der Waals surface area contributed by atoms with E-state index in [4.69, 9.17) is 4.74 Å². The highest BCUT2D eigenvalue weighted by Crippen LogP contribution is 2.24. The van der Waals surface area contributed by atoms with Crippen molar-refractivity contribution in [1.29, 1.82) is 0 Å². The summed E-state index contributed by atoms with van der Waals surface area (Å²) in [6, 6.07) is 5.00. The molecule has 1 aromatic heterocycles. The maximum Gasteiger partial charge on any atom is 0.255 e. The van der Waals surface area contributed by atoms with E-state index in [0.29, 0.717) is 35.6 Å². The monoisotopic (exact) mass is 287 g/mol. The lowest BCUT2D eigenvalue weighted by atomic mass is 10.0. The summed E-state index contributed by atoms with van der Waals surface area (Å²) in [5.41, 5.74) is 2.56. The summed E-state index contributed by atoms with van der Waals surface area (Å²) >= 11 is 1.50. The Hall–Kier alpha value is -2.14. The Morgan fingerprint density at radius 1 is 1.35 bits per heavy atom. The summed E-state index contributed by atoms with van der Waals surface area (Å²) in [4.78, 5) is 24.4. The SMILES string of the molecule is Cc1cscc1C(=O)c1ccc2c(c1)C(=O)NCCO2. The van der Waals surface area contributed by atoms with Crippen molar-refractivity contribution in [2.45, 2.75) is 6.92 Å². The number of fused-ring (bicyclic) bond motifs is 1. The van der Waals surface area contributed by atoms with Crippen LogP contribution < -0.4 is 10.1 Å². The Kier molecular flexibility index (Phi) is 3.28. The minimum absolute atomic E-state index is 0.0661. The maximum absolute atomic E-state index is 12.4. The number of nitrogens with one attached hydrogen (secondary N) is 1. The number of carbonyl (C=O) groups excluding carboxylic acids is 2. The second-order valence-corrected chi connectivity index (χ2v) is 5.36. The number of carbonyl (C=O) groups is 2. The number of ketones is 1. The largest absolute Gasteiger partial charge is 0.491 e. The van der Waals surface area contributed by atoms with Gasteiger partial charge in [-0.05, 0) is 36.1 Å². The summed E-state index contributed by atoms with van der Waals surface area (Å²) in [7, 11) is 0. The molecule has 0 radical (unpaired) electrons. The molecule has 1 amide bonds. The van der Waals surface area contributed by atoms with E-state index in [2.05, 4.69) is 5.32 Å². The zero-order chi connectivity index (χ0) is 14.1. The van der Waals surface area contributed by atoms with Crippen LogP contribution in [0.15, 0.2) is 29.0 Å². The fourth-order valence-corrected chi connectivity index (χ4v) is 2.97. The molecular formula is C15H13NO3S. The Morgan fingerprint density at radius 3 is 2.95 bits per heavy atom. The van der Waals surface area contributed by atoms with Crippen LogP contribution in [0.5, 0.6) is 5.75 Å². The van der Waals surface area contributed by atoms with E-state index < -0.39 is 0 Å². The molecular weight excluding hydrogens is 274 g/mol. The molecule has 1 aromatic carbocycles. The molecule has 2 heterocycles. The van der Waals surface area contributed by atoms with E-state index in [0.717, 1.165) is 5.56 Å². The summed E-state index contributed by atoms with van der Waals surface area (Å²) in [6.45, 7) is 2.82. The second kappa shape index (κ2) is 5.09. The first kappa shape index (κ1) is 12.9. The van der Waals surface area contributed by atoms with Crippen molar-refractivity contribution in [3.05, 3.63) is 51.2 Å². The first-order chi connectivity index (χ1) is 9.66. The van der Waals surface area contributed by atoms with Crippen LogP contribution in [0.4, 0.5) is 0 Å². The third-order valence-electron chi connectivity index (χ3n) is 3.23. The Balaban J connectivity index is 2.02. The highest BCUT2D eigenvalue weighted by molar-refractivity contribution is 7.08. The van der Waals surface area contributed by atoms with Crippen LogP contribution >= 0.6 is 11.3 Å². The molecule has 3 rings (SSSR count). The summed E-state index contributed by atoms with van der Waals surface area (Å²) < 4.78 is 5.48. The summed E-state index contributed by atoms with van der Waals surface area (Å²) in [6.07, 6.45) is 0. The van der Waals surface area contributed by atoms with Crippen LogP contribution in [0.1, 0.15) is 31.8 Å². The first-order valence-corrected chi connectivity index (χ1v) is 7.23. The molecule has 0 spiro atoms. The number of hydrogen-bond acceptors (Lipinski definition) is 4. The third kappa shape index (κ3) is 2.20. The standard InChI is InChI=1S/C15H13NO3S/c1-9-7-20-8-12(9)14(17)10-2-3-13-11(6-10)15(18)16-4-5-19-13/h2-3,6-8H,4-5H2,1H3,(H,16,18). The number of thiophene rings is 1. The minimum atomic E-state index is -0.200. The van der Waals surface area contributed by atoms with Crippen molar-refractivity contribution < 1.29 is 14.3 Å². The number of rotatable bonds is 2. The van der Waals surface area contributed by atoms with Gasteiger partial charge in [0, 0.05) is 16.5 Å². The molecule has 2 aromatic rings. The van der Waals surface area contributed by atoms with Crippen molar-refractivity contribution in [2.24, 2.45) is 0 Å². The van der Waals surface area contributed by atoms with Gasteiger partial charge in [-0.3, -0.25) is 9.59 Å². The summed E-state index contributed by atoms with van der Waals surface area (Å²) in [5.74, 6) is 0.261. The molecule has 4 nitrogen and oxygen atoms in total. The van der Waals surface area contributed by atoms with Crippen LogP contribution in [-0.2, 0) is 0 Å². The van der Waals surface area contributed by atoms with Gasteiger partial charge in [0.05, 0.1) is 12.1 Å². The number of amides is 1. The Labute approximate surface area is 120 Å². The molecule has 0 bridgehead atoms. The van der Waals surface area contributed by atoms with Crippen molar-refractivity contribution in [2.75, 3.05) is 13.2 Å². The topological polar surface area (TPSA) is 55.4 Å². The molecule has 0 fully saturated rings. The van der Waals surface area contributed by atoms with Crippen molar-refractivity contribution in [3.63, 3.8) is 0 Å². The molecule has 0 saturated carbocycles. The van der Waals surface area contributed by atoms with Gasteiger partial charge >= 0.3 is 0 Å². The molecule has 0 atom stereocenters. The van der Waals surface area contributed by atoms with Gasteiger partial charge in [0.2, 0.25) is 0 Å². The van der Waals surface area contributed by atoms with Crippen LogP contribution in [0.2, 0.25) is 0 Å². The lowest BCUT2D eigenvalue weighted by Crippen LogP contribution is -2.24. The van der Waals surface area contributed by atoms with E-state index in [1.54, 1.807) is 18.2 Å². The van der Waals surface area contributed by atoms with Crippen LogP contribution in [0, 0.1) is 6.92 Å². The molecule has 0 saturated heterocycles. The van der Waals surface area contributed by atoms with Gasteiger partial charge in [-0.1, -0.05) is 0 Å². The van der Waals surface area contributed by atoms with Crippen molar-refractivity contribution in [1.82, 2.24) is 5.32 Å². The van der Waals surface area contributed by atoms with Crippen LogP contribution in [0.3, 0.4) is 0 Å². The molecule has 1 aliphatic heterocycles. The smallest absolute Gasteiger partial charge is 0.255 e. The molecule has 0 aliphatic carbocycles. The lowest BCUT2D eigenvalue weighted by Gasteiger charge is -2.07. The van der Waals surface area contributed by atoms with Gasteiger partial charge < -0.3 is 10.1 Å². The molecule has 102 valence electrons. The molecule has 0 unspecified atom stereocenters. The fraction of sp³-hybridized carbons (Fsp3) is 0.200. The van der Waals surface area contributed by atoms with Crippen molar-refractivity contribution in [3.8, 4) is 5.75 Å². The van der Waals surface area contributed by atoms with Gasteiger partial charge in [-0.25, -0.2) is 0 Å². The second-order valence-electron chi connectivity index (χ2n) is 4.61. The van der Waals surface area contributed by atoms with Gasteiger partial charge in [-0.2, -0.15) is 11.3 Å². The van der Waals surface area contributed by atoms with E-state index in [9.17, 15) is 9.59 Å². The molecule has 1 N–H and O–H groups in total. The molecule has 5 heteroatoms. The predicted molar refractivity (Wildman–Crippen MR) is 76.8 cm³/mol. The average Bonchev–Trinajstić information content (AvgIpc) is 2.79. The van der Waals surface area contributed by atoms with Gasteiger partial charge in [0.25, 0.3) is 5.91 Å². The Bertz CT molecular complexity index is 690. The van der Waals surface area contributed by atoms with Crippen molar-refractivity contribution >= 4 is 23.0 Å². The van der Waals surface area contributed by atoms with Crippen LogP contribution in [-0.4, -0.2) is 24.8 Å². The highest BCUT2D eigenvalue weighted by Gasteiger charge is 2.20. The van der Waals surface area contributed by atoms with E-state index in [1.165, 1.54) is 11.3 Å². The van der Waals surface area contributed by atoms with E-state index in [-0.39, 0.29) is 11.7 Å². The van der Waals surface area contributed by atoms with E-state index in [1.807, 2.05) is 17.7 Å². The minimum Gasteiger partial charge on any atom is -0.491 e. The molecule has 20 heavy (non-hydrogen) atoms. The van der Waals surface area contributed by atoms with Crippen LogP contribution in [0.25, 0.3) is 0 Å². The summed E-state index contributed by atoms with van der Waals surface area (Å²) in [5, 5.41) is 6.51. The quantitative estimate of drug-likeness (QED) is 0.863. The lowest BCUT2D eigenvalue weighted by molar-refractivity contribution is 0.0957. The number of benzene rings is 1. The number of aryl methyl sites for hydroxylation is 1. The zero-order valence-electron chi connectivity index (χ0n) is 10.9. The normalized spacial score (nSPS) is 13.9. The first-order valence-electron chi connectivity index (χ1n) is 6.29. The maximum atomic E-state index is 12.4. The fourth-order valence-electron chi connectivity index (χ4n) is 2.14. The number of ether oxygens (including phenoxy) is 1.